The van der Waals surface area contributed by atoms with Gasteiger partial charge in [-0.1, -0.05) is 150 Å². The third kappa shape index (κ3) is 29.5. The van der Waals surface area contributed by atoms with Gasteiger partial charge >= 0.3 is 7.13 Å². The van der Waals surface area contributed by atoms with Gasteiger partial charge in [0.15, 0.2) is 0 Å². The van der Waals surface area contributed by atoms with Crippen LogP contribution in [0.15, 0.2) is 143 Å². The molecule has 68 heavy (non-hydrogen) atoms. The summed E-state index contributed by atoms with van der Waals surface area (Å²) in [7, 11) is 0. The topological polar surface area (TPSA) is 58.9 Å². The number of rotatable bonds is 4. The van der Waals surface area contributed by atoms with Crippen LogP contribution in [0.3, 0.4) is 0 Å². The van der Waals surface area contributed by atoms with E-state index >= 15 is 0 Å². The van der Waals surface area contributed by atoms with Crippen molar-refractivity contribution in [1.29, 1.82) is 0 Å². The molecule has 0 saturated carbocycles. The Morgan fingerprint density at radius 3 is 1.21 bits per heavy atom. The quantitative estimate of drug-likeness (QED) is 0.218. The molecule has 0 bridgehead atoms. The van der Waals surface area contributed by atoms with Crippen molar-refractivity contribution in [2.45, 2.75) is 249 Å². The van der Waals surface area contributed by atoms with E-state index in [1.165, 1.54) is 79.2 Å². The molecule has 4 heteroatoms. The Morgan fingerprint density at radius 1 is 0.544 bits per heavy atom. The van der Waals surface area contributed by atoms with E-state index in [9.17, 15) is 0 Å². The van der Waals surface area contributed by atoms with Gasteiger partial charge in [0, 0.05) is 26.7 Å². The third-order valence-corrected chi connectivity index (χ3v) is 12.7. The summed E-state index contributed by atoms with van der Waals surface area (Å²) in [5.41, 5.74) is 6.42. The lowest BCUT2D eigenvalue weighted by Gasteiger charge is -2.33. The minimum atomic E-state index is -0.486. The molecule has 384 valence electrons. The Kier molecular flexibility index (Phi) is 33.2. The van der Waals surface area contributed by atoms with Crippen LogP contribution in [0.4, 0.5) is 0 Å². The van der Waals surface area contributed by atoms with Gasteiger partial charge in [0.2, 0.25) is 0 Å². The van der Waals surface area contributed by atoms with Crippen LogP contribution in [0.25, 0.3) is 0 Å². The van der Waals surface area contributed by atoms with Gasteiger partial charge in [-0.25, -0.2) is 0 Å². The fourth-order valence-electron chi connectivity index (χ4n) is 8.53. The molecule has 0 saturated heterocycles. The van der Waals surface area contributed by atoms with Crippen LogP contribution in [0, 0.1) is 12.8 Å². The van der Waals surface area contributed by atoms with E-state index in [1.54, 1.807) is 0 Å². The fraction of sp³-hybridized carbons (Fsp3) is 0.594. The molecule has 0 spiro atoms. The first kappa shape index (κ1) is 66.5. The molecule has 2 N–H and O–H groups in total. The molecule has 0 aliphatic heterocycles. The van der Waals surface area contributed by atoms with E-state index in [2.05, 4.69) is 159 Å². The van der Waals surface area contributed by atoms with Crippen molar-refractivity contribution in [3.05, 3.63) is 156 Å². The van der Waals surface area contributed by atoms with Crippen molar-refractivity contribution in [3.63, 3.8) is 0 Å². The second-order valence-corrected chi connectivity index (χ2v) is 20.5. The SMILES string of the molecule is C.C.C.C.CC1(O)C=CCC1.CC1(O)C=CCC1.CC1(OC2(C)C=CCC2)C=CCC1.CC1=CC(OC2(C)C=CCC2)CC1.CC1=CC=CC1.CC1=CCC=C1.CC1=C[CH+]CC1.CC1=C[CH+]CC1.[H+].[H+].[H+].[H+].[H+]. The molecular weight excluding hydrogens is 833 g/mol. The molecule has 0 fully saturated rings. The number of aliphatic hydroxyl groups is 2. The average Bonchev–Trinajstić information content (AvgIpc) is 4.05. The summed E-state index contributed by atoms with van der Waals surface area (Å²) in [5.74, 6) is 0. The Balaban J connectivity index is -0.000000137. The van der Waals surface area contributed by atoms with E-state index in [-0.39, 0.29) is 53.6 Å². The molecule has 6 atom stereocenters. The zero-order chi connectivity index (χ0) is 47.0. The normalized spacial score (nSPS) is 30.5. The lowest BCUT2D eigenvalue weighted by molar-refractivity contribution is -0.0877. The zero-order valence-electron chi connectivity index (χ0n) is 47.1. The van der Waals surface area contributed by atoms with Crippen molar-refractivity contribution in [3.8, 4) is 0 Å². The van der Waals surface area contributed by atoms with Crippen LogP contribution in [-0.2, 0) is 9.47 Å². The van der Waals surface area contributed by atoms with E-state index in [0.29, 0.717) is 6.10 Å². The van der Waals surface area contributed by atoms with Crippen LogP contribution in [-0.4, -0.2) is 44.3 Å². The summed E-state index contributed by atoms with van der Waals surface area (Å²) in [6, 6.07) is 0. The van der Waals surface area contributed by atoms with Gasteiger partial charge in [-0.15, -0.1) is 0 Å². The smallest absolute Gasteiger partial charge is 0.386 e. The number of allylic oxidation sites excluding steroid dienone is 18. The lowest BCUT2D eigenvalue weighted by atomic mass is 10.0. The van der Waals surface area contributed by atoms with E-state index in [0.717, 1.165) is 64.2 Å². The average molecular weight is 945 g/mol. The molecule has 4 nitrogen and oxygen atoms in total. The first-order valence-electron chi connectivity index (χ1n) is 24.8. The van der Waals surface area contributed by atoms with Crippen LogP contribution in [0.5, 0.6) is 0 Å². The van der Waals surface area contributed by atoms with E-state index in [4.69, 9.17) is 19.7 Å². The Bertz CT molecular complexity index is 1730. The summed E-state index contributed by atoms with van der Waals surface area (Å²) in [6.07, 6.45) is 66.0. The van der Waals surface area contributed by atoms with Crippen molar-refractivity contribution in [2.24, 2.45) is 0 Å². The maximum absolute atomic E-state index is 9.11. The predicted octanol–water partition coefficient (Wildman–Crippen LogP) is 19.4. The maximum Gasteiger partial charge on any atom is 1.00 e. The highest BCUT2D eigenvalue weighted by Gasteiger charge is 2.35. The van der Waals surface area contributed by atoms with Gasteiger partial charge in [0.05, 0.1) is 83.1 Å². The number of hydrogen-bond acceptors (Lipinski definition) is 4. The Morgan fingerprint density at radius 2 is 1.00 bits per heavy atom. The second-order valence-electron chi connectivity index (χ2n) is 20.5. The molecule has 0 amide bonds. The summed E-state index contributed by atoms with van der Waals surface area (Å²) in [4.78, 5) is 0. The van der Waals surface area contributed by atoms with E-state index in [1.807, 2.05) is 38.2 Å². The van der Waals surface area contributed by atoms with E-state index < -0.39 is 11.2 Å². The van der Waals surface area contributed by atoms with Crippen LogP contribution < -0.4 is 0 Å². The lowest BCUT2D eigenvalue weighted by Crippen LogP contribution is -2.36. The van der Waals surface area contributed by atoms with Crippen LogP contribution >= 0.6 is 0 Å². The van der Waals surface area contributed by atoms with Crippen molar-refractivity contribution in [2.75, 3.05) is 0 Å². The molecule has 0 aromatic heterocycles. The minimum absolute atomic E-state index is 0. The van der Waals surface area contributed by atoms with Gasteiger partial charge in [-0.05, 0) is 145 Å². The highest BCUT2D eigenvalue weighted by molar-refractivity contribution is 5.23. The highest BCUT2D eigenvalue weighted by atomic mass is 16.5. The molecule has 0 heterocycles. The molecule has 0 aromatic rings. The molecule has 10 rings (SSSR count). The second kappa shape index (κ2) is 33.9. The molecule has 0 radical (unpaired) electrons. The number of hydrogen-bond donors (Lipinski definition) is 2. The Hall–Kier alpha value is -3.54. The molecule has 10 aliphatic carbocycles. The zero-order valence-corrected chi connectivity index (χ0v) is 42.1. The van der Waals surface area contributed by atoms with Crippen molar-refractivity contribution >= 4 is 0 Å². The van der Waals surface area contributed by atoms with Gasteiger partial charge in [0.25, 0.3) is 0 Å². The molecule has 6 unspecified atom stereocenters. The van der Waals surface area contributed by atoms with Crippen molar-refractivity contribution < 1.29 is 26.8 Å². The predicted molar refractivity (Wildman–Crippen MR) is 309 cm³/mol. The summed E-state index contributed by atoms with van der Waals surface area (Å²) >= 11 is 0. The van der Waals surface area contributed by atoms with Crippen LogP contribution in [0.1, 0.15) is 222 Å². The van der Waals surface area contributed by atoms with Gasteiger partial charge < -0.3 is 19.7 Å². The molecule has 10 aliphatic rings. The molecular formula is C64H111O4+7. The number of ether oxygens (including phenoxy) is 2. The minimum Gasteiger partial charge on any atom is -0.386 e. The molecule has 0 aromatic carbocycles. The summed E-state index contributed by atoms with van der Waals surface area (Å²) in [6.45, 7) is 21.0. The standard InChI is InChI=1S/2C12H18O.2C6H10O.2C6H9.2C6H8.4CH4/c1-10-5-6-11(9-10)13-12(2)7-3-4-8-12;1-11(7-3-4-8-11)13-12(2)9-5-6-10-12;2*1-6(7)4-2-3-5-6;4*1-6-4-2-3-5-6;;;;/h3,7,9,11H,4-6,8H2,1-2H3;3,5,7,9H,4,6,8,10H2,1-2H3;2*2,4,7H,3,5H2,1H3;2*2,4H,3,5H2,1H3;2,4-5H,3H2,1H3;2-4H,5H2,1H3;4*1H4/q;;;;2*+1;;;;;;/p+5. The first-order chi connectivity index (χ1) is 30.3. The summed E-state index contributed by atoms with van der Waals surface area (Å²) in [5, 5.41) is 18.2. The fourth-order valence-corrected chi connectivity index (χ4v) is 8.53. The third-order valence-electron chi connectivity index (χ3n) is 12.7. The summed E-state index contributed by atoms with van der Waals surface area (Å²) < 4.78 is 12.2. The maximum atomic E-state index is 9.11. The van der Waals surface area contributed by atoms with Crippen molar-refractivity contribution in [1.82, 2.24) is 0 Å². The largest absolute Gasteiger partial charge is 1.00 e. The first-order valence-corrected chi connectivity index (χ1v) is 24.8. The Labute approximate surface area is 430 Å². The highest BCUT2D eigenvalue weighted by Crippen LogP contribution is 2.36. The monoisotopic (exact) mass is 944 g/mol. The van der Waals surface area contributed by atoms with Crippen LogP contribution in [0.2, 0.25) is 0 Å². The van der Waals surface area contributed by atoms with Gasteiger partial charge in [-0.2, -0.15) is 0 Å². The van der Waals surface area contributed by atoms with Gasteiger partial charge in [-0.3, -0.25) is 0 Å². The van der Waals surface area contributed by atoms with Gasteiger partial charge in [0.1, 0.15) is 0 Å².